The third-order valence-corrected chi connectivity index (χ3v) is 6.46. The fraction of sp³-hybridized carbons (Fsp3) is 0.333. The van der Waals surface area contributed by atoms with Crippen molar-refractivity contribution in [1.29, 1.82) is 5.26 Å². The van der Waals surface area contributed by atoms with Crippen LogP contribution >= 0.6 is 0 Å². The maximum atomic E-state index is 14.1. The van der Waals surface area contributed by atoms with Gasteiger partial charge in [-0.3, -0.25) is 9.36 Å². The maximum Gasteiger partial charge on any atom is 0.460 e. The first-order chi connectivity index (χ1) is 16.7. The van der Waals surface area contributed by atoms with E-state index in [2.05, 4.69) is 4.98 Å². The number of pyridine rings is 1. The summed E-state index contributed by atoms with van der Waals surface area (Å²) in [5, 5.41) is 20.8. The zero-order valence-corrected chi connectivity index (χ0v) is 17.6. The predicted octanol–water partition coefficient (Wildman–Crippen LogP) is 3.43. The number of alkyl halides is 7. The lowest BCUT2D eigenvalue weighted by molar-refractivity contribution is -0.346. The molecule has 1 saturated heterocycles. The molecule has 0 aliphatic carbocycles. The summed E-state index contributed by atoms with van der Waals surface area (Å²) in [6.45, 7) is -0.740. The van der Waals surface area contributed by atoms with Crippen molar-refractivity contribution in [3.8, 4) is 17.6 Å². The monoisotopic (exact) mass is 515 g/mol. The zero-order chi connectivity index (χ0) is 26.4. The van der Waals surface area contributed by atoms with Crippen LogP contribution in [0.25, 0.3) is 16.5 Å². The molecule has 3 aromatic rings. The molecular weight excluding hydrogens is 503 g/mol. The first kappa shape index (κ1) is 23.6. The van der Waals surface area contributed by atoms with Gasteiger partial charge >= 0.3 is 29.6 Å². The number of aromatic nitrogens is 3. The standard InChI is InChI=1S/C21H12F7N5O3/c22-19(23,20(24,25)21(26,27)28)17(35)31-8-9-5-13(31)15-16(34)33(18(36)32(9)15)14-7-30-12(6-29)10-3-1-2-4-11(10)14/h1-4,7,9,13,34H,5,8H2. The Morgan fingerprint density at radius 3 is 2.36 bits per heavy atom. The lowest BCUT2D eigenvalue weighted by Crippen LogP contribution is -2.60. The van der Waals surface area contributed by atoms with E-state index in [9.17, 15) is 50.7 Å². The summed E-state index contributed by atoms with van der Waals surface area (Å²) < 4.78 is 94.6. The highest BCUT2D eigenvalue weighted by molar-refractivity contribution is 5.93. The second kappa shape index (κ2) is 7.21. The molecule has 15 heteroatoms. The highest BCUT2D eigenvalue weighted by Crippen LogP contribution is 2.53. The molecule has 1 N–H and O–H groups in total. The number of carbonyl (C=O) groups is 1. The highest BCUT2D eigenvalue weighted by Gasteiger charge is 2.77. The van der Waals surface area contributed by atoms with Crippen molar-refractivity contribution in [1.82, 2.24) is 19.0 Å². The lowest BCUT2D eigenvalue weighted by Gasteiger charge is -2.34. The Hall–Kier alpha value is -4.09. The molecule has 1 aromatic carbocycles. The Kier molecular flexibility index (Phi) is 4.74. The van der Waals surface area contributed by atoms with Crippen LogP contribution in [-0.2, 0) is 4.79 Å². The molecule has 1 amide bonds. The van der Waals surface area contributed by atoms with Crippen LogP contribution in [0, 0.1) is 11.3 Å². The molecule has 36 heavy (non-hydrogen) atoms. The minimum absolute atomic E-state index is 0.000195. The van der Waals surface area contributed by atoms with Crippen molar-refractivity contribution in [3.05, 3.63) is 52.3 Å². The van der Waals surface area contributed by atoms with Crippen LogP contribution in [0.2, 0.25) is 0 Å². The van der Waals surface area contributed by atoms with Gasteiger partial charge in [-0.15, -0.1) is 0 Å². The highest BCUT2D eigenvalue weighted by atomic mass is 19.4. The van der Waals surface area contributed by atoms with Gasteiger partial charge in [0.05, 0.1) is 24.0 Å². The van der Waals surface area contributed by atoms with Crippen molar-refractivity contribution >= 4 is 16.7 Å². The predicted molar refractivity (Wildman–Crippen MR) is 106 cm³/mol. The van der Waals surface area contributed by atoms with Gasteiger partial charge in [0.1, 0.15) is 17.5 Å². The minimum atomic E-state index is -6.69. The summed E-state index contributed by atoms with van der Waals surface area (Å²) in [7, 11) is 0. The molecule has 2 bridgehead atoms. The van der Waals surface area contributed by atoms with Gasteiger partial charge < -0.3 is 10.0 Å². The van der Waals surface area contributed by atoms with Crippen molar-refractivity contribution in [2.75, 3.05) is 6.54 Å². The first-order valence-electron chi connectivity index (χ1n) is 10.2. The molecular formula is C21H12F7N5O3. The molecule has 4 heterocycles. The number of nitriles is 1. The van der Waals surface area contributed by atoms with Gasteiger partial charge in [-0.05, 0) is 6.42 Å². The topological polar surface area (TPSA) is 104 Å². The summed E-state index contributed by atoms with van der Waals surface area (Å²) in [6.07, 6.45) is -5.83. The van der Waals surface area contributed by atoms with Gasteiger partial charge in [-0.2, -0.15) is 36.0 Å². The number of amides is 1. The van der Waals surface area contributed by atoms with Crippen LogP contribution in [0.3, 0.4) is 0 Å². The van der Waals surface area contributed by atoms with Crippen LogP contribution < -0.4 is 5.69 Å². The van der Waals surface area contributed by atoms with Gasteiger partial charge in [0.2, 0.25) is 5.88 Å². The molecule has 2 aliphatic rings. The van der Waals surface area contributed by atoms with Crippen molar-refractivity contribution in [2.24, 2.45) is 0 Å². The summed E-state index contributed by atoms with van der Waals surface area (Å²) in [4.78, 5) is 29.5. The van der Waals surface area contributed by atoms with E-state index in [1.54, 1.807) is 12.1 Å². The molecule has 1 fully saturated rings. The number of carbonyl (C=O) groups excluding carboxylic acids is 1. The quantitative estimate of drug-likeness (QED) is 0.539. The van der Waals surface area contributed by atoms with Crippen molar-refractivity contribution < 1.29 is 40.6 Å². The number of likely N-dealkylation sites (tertiary alicyclic amines) is 1. The van der Waals surface area contributed by atoms with Gasteiger partial charge in [0, 0.05) is 17.3 Å². The number of benzene rings is 1. The Morgan fingerprint density at radius 2 is 1.75 bits per heavy atom. The smallest absolute Gasteiger partial charge is 0.460 e. The fourth-order valence-electron chi connectivity index (χ4n) is 4.83. The number of imidazole rings is 1. The molecule has 0 radical (unpaired) electrons. The number of halogens is 7. The van der Waals surface area contributed by atoms with E-state index in [0.717, 1.165) is 15.3 Å². The summed E-state index contributed by atoms with van der Waals surface area (Å²) in [6, 6.07) is 5.49. The molecule has 0 spiro atoms. The third-order valence-electron chi connectivity index (χ3n) is 6.46. The van der Waals surface area contributed by atoms with Crippen LogP contribution in [0.15, 0.2) is 35.3 Å². The van der Waals surface area contributed by atoms with E-state index < -0.39 is 54.1 Å². The molecule has 8 nitrogen and oxygen atoms in total. The Morgan fingerprint density at radius 1 is 1.11 bits per heavy atom. The van der Waals surface area contributed by atoms with Gasteiger partial charge in [-0.1, -0.05) is 24.3 Å². The van der Waals surface area contributed by atoms with E-state index in [-0.39, 0.29) is 28.4 Å². The number of rotatable bonds is 3. The van der Waals surface area contributed by atoms with E-state index in [1.807, 2.05) is 6.07 Å². The van der Waals surface area contributed by atoms with Crippen LogP contribution in [0.1, 0.15) is 29.9 Å². The van der Waals surface area contributed by atoms with Crippen molar-refractivity contribution in [2.45, 2.75) is 36.5 Å². The molecule has 2 atom stereocenters. The van der Waals surface area contributed by atoms with E-state index >= 15 is 0 Å². The van der Waals surface area contributed by atoms with E-state index in [1.165, 1.54) is 12.1 Å². The zero-order valence-electron chi connectivity index (χ0n) is 17.6. The fourth-order valence-corrected chi connectivity index (χ4v) is 4.83. The number of nitrogens with zero attached hydrogens (tertiary/aromatic N) is 5. The lowest BCUT2D eigenvalue weighted by atomic mass is 10.1. The normalized spacial score (nSPS) is 19.6. The molecule has 2 unspecified atom stereocenters. The van der Waals surface area contributed by atoms with Crippen LogP contribution in [0.5, 0.6) is 5.88 Å². The Balaban J connectivity index is 1.61. The molecule has 2 aliphatic heterocycles. The average Bonchev–Trinajstić information content (AvgIpc) is 3.48. The van der Waals surface area contributed by atoms with Crippen LogP contribution in [0.4, 0.5) is 30.7 Å². The summed E-state index contributed by atoms with van der Waals surface area (Å²) >= 11 is 0. The summed E-state index contributed by atoms with van der Waals surface area (Å²) in [5.41, 5.74) is -1.24. The second-order valence-corrected chi connectivity index (χ2v) is 8.36. The largest absolute Gasteiger partial charge is 0.493 e. The summed E-state index contributed by atoms with van der Waals surface area (Å²) in [5.74, 6) is -16.4. The first-order valence-corrected chi connectivity index (χ1v) is 10.2. The second-order valence-electron chi connectivity index (χ2n) is 8.36. The third kappa shape index (κ3) is 2.83. The number of hydrogen-bond acceptors (Lipinski definition) is 5. The van der Waals surface area contributed by atoms with Gasteiger partial charge in [-0.25, -0.2) is 14.3 Å². The van der Waals surface area contributed by atoms with Gasteiger partial charge in [0.25, 0.3) is 0 Å². The maximum absolute atomic E-state index is 14.1. The van der Waals surface area contributed by atoms with Gasteiger partial charge in [0.15, 0.2) is 0 Å². The average molecular weight is 515 g/mol. The molecule has 188 valence electrons. The Labute approximate surface area is 195 Å². The number of fused-ring (bicyclic) bond motifs is 6. The SMILES string of the molecule is N#Cc1ncc(-n2c(O)c3n(c2=O)C2CC3N(C(=O)C(F)(F)C(F)(F)C(F)(F)F)C2)c2ccccc12. The Bertz CT molecular complexity index is 1540. The molecule has 2 aromatic heterocycles. The van der Waals surface area contributed by atoms with Crippen LogP contribution in [-0.4, -0.2) is 54.6 Å². The number of hydrogen-bond donors (Lipinski definition) is 1. The van der Waals surface area contributed by atoms with Crippen molar-refractivity contribution in [3.63, 3.8) is 0 Å². The molecule has 0 saturated carbocycles. The molecule has 5 rings (SSSR count). The van der Waals surface area contributed by atoms with E-state index in [0.29, 0.717) is 10.8 Å². The minimum Gasteiger partial charge on any atom is -0.493 e. The van der Waals surface area contributed by atoms with E-state index in [4.69, 9.17) is 0 Å². The number of aromatic hydroxyl groups is 1.